The molecule has 1 fully saturated rings. The molecule has 1 aliphatic rings. The van der Waals surface area contributed by atoms with Crippen molar-refractivity contribution >= 4 is 23.5 Å². The normalized spacial score (nSPS) is 22.3. The molecule has 0 spiro atoms. The van der Waals surface area contributed by atoms with Gasteiger partial charge >= 0.3 is 5.69 Å². The molecule has 0 saturated carbocycles. The number of H-pyrrole nitrogens is 1. The van der Waals surface area contributed by atoms with E-state index in [1.807, 2.05) is 24.5 Å². The first-order valence-corrected chi connectivity index (χ1v) is 10.7. The zero-order valence-corrected chi connectivity index (χ0v) is 16.7. The minimum atomic E-state index is -0.585. The number of hydrogen-bond acceptors (Lipinski definition) is 7. The second-order valence-corrected chi connectivity index (χ2v) is 7.96. The Hall–Kier alpha value is -1.52. The van der Waals surface area contributed by atoms with Crippen LogP contribution in [0.4, 0.5) is 0 Å². The number of rotatable bonds is 7. The van der Waals surface area contributed by atoms with Gasteiger partial charge in [0, 0.05) is 28.0 Å². The summed E-state index contributed by atoms with van der Waals surface area (Å²) in [4.78, 5) is 28.2. The van der Waals surface area contributed by atoms with E-state index >= 15 is 0 Å². The Balaban J connectivity index is 1.65. The average molecular weight is 411 g/mol. The van der Waals surface area contributed by atoms with Crippen molar-refractivity contribution in [2.75, 3.05) is 18.8 Å². The predicted octanol–water partition coefficient (Wildman–Crippen LogP) is 1.98. The number of hydrogen-bond donors (Lipinski definition) is 2. The van der Waals surface area contributed by atoms with Crippen LogP contribution in [0.25, 0.3) is 0 Å². The van der Waals surface area contributed by atoms with Crippen LogP contribution in [0.5, 0.6) is 0 Å². The Morgan fingerprint density at radius 1 is 1.33 bits per heavy atom. The largest absolute Gasteiger partial charge is 0.394 e. The van der Waals surface area contributed by atoms with Gasteiger partial charge in [-0.25, -0.2) is 4.79 Å². The molecule has 9 heteroatoms. The highest BCUT2D eigenvalue weighted by Gasteiger charge is 2.37. The number of ether oxygens (including phenoxy) is 2. The molecule has 1 saturated heterocycles. The van der Waals surface area contributed by atoms with Crippen molar-refractivity contribution in [2.45, 2.75) is 41.6 Å². The molecule has 2 aromatic rings. The molecule has 0 aliphatic carbocycles. The van der Waals surface area contributed by atoms with E-state index < -0.39 is 23.6 Å². The molecule has 0 bridgehead atoms. The molecule has 1 aromatic carbocycles. The molecule has 0 amide bonds. The molecule has 2 heterocycles. The Morgan fingerprint density at radius 2 is 2.07 bits per heavy atom. The summed E-state index contributed by atoms with van der Waals surface area (Å²) in [6.45, 7) is 1.42. The number of aromatic amines is 1. The third-order valence-corrected chi connectivity index (χ3v) is 6.23. The lowest BCUT2D eigenvalue weighted by molar-refractivity contribution is -0.0555. The number of aliphatic hydroxyl groups excluding tert-OH is 1. The van der Waals surface area contributed by atoms with Gasteiger partial charge in [0.05, 0.1) is 18.6 Å². The van der Waals surface area contributed by atoms with E-state index in [-0.39, 0.29) is 12.7 Å². The molecule has 0 radical (unpaired) electrons. The fourth-order valence-corrected chi connectivity index (χ4v) is 4.60. The Bertz CT molecular complexity index is 898. The van der Waals surface area contributed by atoms with E-state index in [0.717, 1.165) is 4.90 Å². The SMILES string of the molecule is CSc1ccccc1SCO[C@H]1C[C@H](n2cc(C)c(=O)[nH]c2=O)O[C@@H]1CO. The maximum absolute atomic E-state index is 12.1. The van der Waals surface area contributed by atoms with Crippen molar-refractivity contribution in [2.24, 2.45) is 0 Å². The molecule has 1 aromatic heterocycles. The minimum Gasteiger partial charge on any atom is -0.394 e. The molecule has 1 aliphatic heterocycles. The van der Waals surface area contributed by atoms with Crippen LogP contribution in [-0.4, -0.2) is 45.7 Å². The number of aromatic nitrogens is 2. The van der Waals surface area contributed by atoms with Crippen LogP contribution in [0.3, 0.4) is 0 Å². The first kappa shape index (κ1) is 20.2. The number of nitrogens with zero attached hydrogens (tertiary/aromatic N) is 1. The van der Waals surface area contributed by atoms with Crippen molar-refractivity contribution in [3.63, 3.8) is 0 Å². The summed E-state index contributed by atoms with van der Waals surface area (Å²) in [6, 6.07) is 8.08. The quantitative estimate of drug-likeness (QED) is 0.532. The topological polar surface area (TPSA) is 93.6 Å². The molecule has 146 valence electrons. The van der Waals surface area contributed by atoms with E-state index in [4.69, 9.17) is 9.47 Å². The first-order valence-electron chi connectivity index (χ1n) is 8.49. The van der Waals surface area contributed by atoms with Crippen LogP contribution in [0, 0.1) is 6.92 Å². The lowest BCUT2D eigenvalue weighted by Gasteiger charge is -2.16. The Kier molecular flexibility index (Phi) is 6.83. The smallest absolute Gasteiger partial charge is 0.330 e. The van der Waals surface area contributed by atoms with E-state index in [1.165, 1.54) is 15.7 Å². The third kappa shape index (κ3) is 4.67. The minimum absolute atomic E-state index is 0.204. The molecule has 27 heavy (non-hydrogen) atoms. The highest BCUT2D eigenvalue weighted by atomic mass is 32.2. The second kappa shape index (κ2) is 9.11. The summed E-state index contributed by atoms with van der Waals surface area (Å²) in [5.41, 5.74) is -0.520. The summed E-state index contributed by atoms with van der Waals surface area (Å²) in [7, 11) is 0. The van der Waals surface area contributed by atoms with E-state index in [0.29, 0.717) is 17.9 Å². The molecular formula is C18H22N2O5S2. The fraction of sp³-hybridized carbons (Fsp3) is 0.444. The standard InChI is InChI=1S/C18H22N2O5S2/c1-11-8-20(18(23)19-17(11)22)16-7-12(13(9-21)25-16)24-10-27-15-6-4-3-5-14(15)26-2/h3-6,8,12-13,16,21H,7,9-10H2,1-2H3,(H,19,22,23)/t12-,13+,16+/m0/s1. The van der Waals surface area contributed by atoms with Crippen LogP contribution >= 0.6 is 23.5 Å². The number of nitrogens with one attached hydrogen (secondary N) is 1. The van der Waals surface area contributed by atoms with Crippen LogP contribution < -0.4 is 11.2 Å². The van der Waals surface area contributed by atoms with Crippen LogP contribution in [-0.2, 0) is 9.47 Å². The highest BCUT2D eigenvalue weighted by Crippen LogP contribution is 2.33. The van der Waals surface area contributed by atoms with Gasteiger partial charge in [-0.15, -0.1) is 11.8 Å². The van der Waals surface area contributed by atoms with Crippen LogP contribution in [0.2, 0.25) is 0 Å². The van der Waals surface area contributed by atoms with Crippen LogP contribution in [0.1, 0.15) is 18.2 Å². The van der Waals surface area contributed by atoms with Crippen LogP contribution in [0.15, 0.2) is 49.8 Å². The number of aliphatic hydroxyl groups is 1. The summed E-state index contributed by atoms with van der Waals surface area (Å²) < 4.78 is 13.1. The van der Waals surface area contributed by atoms with Gasteiger partial charge in [0.15, 0.2) is 0 Å². The third-order valence-electron chi connectivity index (χ3n) is 4.38. The molecular weight excluding hydrogens is 388 g/mol. The van der Waals surface area contributed by atoms with E-state index in [2.05, 4.69) is 11.1 Å². The zero-order valence-electron chi connectivity index (χ0n) is 15.1. The molecule has 2 N–H and O–H groups in total. The van der Waals surface area contributed by atoms with E-state index in [1.54, 1.807) is 30.4 Å². The second-order valence-electron chi connectivity index (χ2n) is 6.14. The average Bonchev–Trinajstić information content (AvgIpc) is 3.08. The summed E-state index contributed by atoms with van der Waals surface area (Å²) in [6.07, 6.45) is 2.48. The van der Waals surface area contributed by atoms with Gasteiger partial charge in [-0.1, -0.05) is 23.9 Å². The van der Waals surface area contributed by atoms with Crippen molar-refractivity contribution in [1.82, 2.24) is 9.55 Å². The van der Waals surface area contributed by atoms with Gasteiger partial charge in [-0.05, 0) is 25.3 Å². The summed E-state index contributed by atoms with van der Waals surface area (Å²) >= 11 is 3.26. The van der Waals surface area contributed by atoms with Crippen molar-refractivity contribution < 1.29 is 14.6 Å². The number of benzene rings is 1. The lowest BCUT2D eigenvalue weighted by atomic mass is 10.2. The lowest BCUT2D eigenvalue weighted by Crippen LogP contribution is -2.33. The molecule has 0 unspecified atom stereocenters. The van der Waals surface area contributed by atoms with Gasteiger partial charge < -0.3 is 14.6 Å². The van der Waals surface area contributed by atoms with Gasteiger partial charge in [0.2, 0.25) is 0 Å². The number of thioether (sulfide) groups is 2. The van der Waals surface area contributed by atoms with E-state index in [9.17, 15) is 14.7 Å². The fourth-order valence-electron chi connectivity index (χ4n) is 2.93. The predicted molar refractivity (Wildman–Crippen MR) is 105 cm³/mol. The summed E-state index contributed by atoms with van der Waals surface area (Å²) in [5.74, 6) is 0.411. The molecule has 3 rings (SSSR count). The van der Waals surface area contributed by atoms with Crippen molar-refractivity contribution in [3.05, 3.63) is 56.9 Å². The monoisotopic (exact) mass is 410 g/mol. The maximum Gasteiger partial charge on any atom is 0.330 e. The molecule has 3 atom stereocenters. The zero-order chi connectivity index (χ0) is 19.4. The highest BCUT2D eigenvalue weighted by molar-refractivity contribution is 8.01. The first-order chi connectivity index (χ1) is 13.0. The Morgan fingerprint density at radius 3 is 2.78 bits per heavy atom. The van der Waals surface area contributed by atoms with Gasteiger partial charge in [-0.3, -0.25) is 14.3 Å². The van der Waals surface area contributed by atoms with Crippen molar-refractivity contribution in [3.8, 4) is 0 Å². The summed E-state index contributed by atoms with van der Waals surface area (Å²) in [5, 5.41) is 9.61. The maximum atomic E-state index is 12.1. The molecule has 7 nitrogen and oxygen atoms in total. The Labute approximate surface area is 165 Å². The van der Waals surface area contributed by atoms with Gasteiger partial charge in [-0.2, -0.15) is 0 Å². The van der Waals surface area contributed by atoms with Crippen molar-refractivity contribution in [1.29, 1.82) is 0 Å². The number of aryl methyl sites for hydroxylation is 1. The van der Waals surface area contributed by atoms with Gasteiger partial charge in [0.25, 0.3) is 5.56 Å². The van der Waals surface area contributed by atoms with Gasteiger partial charge in [0.1, 0.15) is 12.3 Å².